The molecule has 2 heteroatoms. The highest BCUT2D eigenvalue weighted by atomic mass is 15.2. The molecule has 2 aliphatic rings. The Morgan fingerprint density at radius 2 is 1.27 bits per heavy atom. The number of nitrogens with zero attached hydrogens (tertiary/aromatic N) is 2. The van der Waals surface area contributed by atoms with E-state index in [1.807, 2.05) is 27.7 Å². The summed E-state index contributed by atoms with van der Waals surface area (Å²) < 4.78 is 0. The van der Waals surface area contributed by atoms with E-state index in [1.54, 1.807) is 0 Å². The van der Waals surface area contributed by atoms with Gasteiger partial charge in [0.25, 0.3) is 0 Å². The first kappa shape index (κ1) is 25.1. The van der Waals surface area contributed by atoms with Crippen LogP contribution in [0.15, 0.2) is 84.9 Å². The molecule has 2 nitrogen and oxygen atoms in total. The molecule has 1 saturated heterocycles. The van der Waals surface area contributed by atoms with Crippen LogP contribution in [0.25, 0.3) is 0 Å². The second-order valence-electron chi connectivity index (χ2n) is 8.55. The minimum absolute atomic E-state index is 0.581. The van der Waals surface area contributed by atoms with E-state index >= 15 is 0 Å². The van der Waals surface area contributed by atoms with Crippen LogP contribution in [-0.2, 0) is 19.4 Å². The van der Waals surface area contributed by atoms with Crippen molar-refractivity contribution in [3.05, 3.63) is 102 Å². The zero-order valence-corrected chi connectivity index (χ0v) is 21.1. The molecule has 0 saturated carbocycles. The van der Waals surface area contributed by atoms with Gasteiger partial charge in [-0.3, -0.25) is 4.90 Å². The molecule has 0 amide bonds. The van der Waals surface area contributed by atoms with Gasteiger partial charge in [0, 0.05) is 37.4 Å². The molecule has 1 atom stereocenters. The van der Waals surface area contributed by atoms with Gasteiger partial charge < -0.3 is 4.90 Å². The molecule has 0 bridgehead atoms. The summed E-state index contributed by atoms with van der Waals surface area (Å²) >= 11 is 0. The fourth-order valence-electron chi connectivity index (χ4n) is 5.03. The van der Waals surface area contributed by atoms with Crippen LogP contribution in [0.3, 0.4) is 0 Å². The van der Waals surface area contributed by atoms with Crippen molar-refractivity contribution in [3.63, 3.8) is 0 Å². The van der Waals surface area contributed by atoms with E-state index in [1.165, 1.54) is 54.6 Å². The molecular weight excluding hydrogens is 400 g/mol. The second-order valence-corrected chi connectivity index (χ2v) is 8.55. The normalized spacial score (nSPS) is 17.0. The van der Waals surface area contributed by atoms with E-state index in [0.717, 1.165) is 13.1 Å². The highest BCUT2D eigenvalue weighted by Gasteiger charge is 2.31. The summed E-state index contributed by atoms with van der Waals surface area (Å²) in [5, 5.41) is 0. The molecule has 0 radical (unpaired) electrons. The third-order valence-corrected chi connectivity index (χ3v) is 6.76. The second kappa shape index (κ2) is 13.2. The standard InChI is InChI=1S/C27H30N2.2C2H6/c1-3-9-22(10-4-1)21-28-17-15-25(28)16-18-29(26-13-5-2-6-14-26)27-19-23-11-7-8-12-24(23)20-27;2*1-2/h1-14,25,27H,15-21H2;2*1-2H3. The smallest absolute Gasteiger partial charge is 0.0370 e. The number of rotatable bonds is 7. The first-order valence-electron chi connectivity index (χ1n) is 13.0. The molecule has 3 aromatic carbocycles. The maximum atomic E-state index is 2.68. The van der Waals surface area contributed by atoms with Gasteiger partial charge in [0.05, 0.1) is 0 Å². The first-order chi connectivity index (χ1) is 16.4. The van der Waals surface area contributed by atoms with Crippen LogP contribution in [0.2, 0.25) is 0 Å². The SMILES string of the molecule is CC.CC.c1ccc(CN2CCC2CCN(c2ccccc2)C2Cc3ccccc3C2)cc1. The number of hydrogen-bond donors (Lipinski definition) is 0. The fourth-order valence-corrected chi connectivity index (χ4v) is 5.03. The van der Waals surface area contributed by atoms with Crippen LogP contribution in [0.4, 0.5) is 5.69 Å². The number of hydrogen-bond acceptors (Lipinski definition) is 2. The van der Waals surface area contributed by atoms with Crippen LogP contribution in [0.1, 0.15) is 57.2 Å². The average molecular weight is 443 g/mol. The highest BCUT2D eigenvalue weighted by molar-refractivity contribution is 5.49. The lowest BCUT2D eigenvalue weighted by atomic mass is 9.97. The molecule has 33 heavy (non-hydrogen) atoms. The molecule has 3 aromatic rings. The minimum atomic E-state index is 0.581. The van der Waals surface area contributed by atoms with Gasteiger partial charge in [-0.2, -0.15) is 0 Å². The van der Waals surface area contributed by atoms with Gasteiger partial charge in [-0.15, -0.1) is 0 Å². The quantitative estimate of drug-likeness (QED) is 0.377. The highest BCUT2D eigenvalue weighted by Crippen LogP contribution is 2.31. The summed E-state index contributed by atoms with van der Waals surface area (Å²) in [5.74, 6) is 0. The van der Waals surface area contributed by atoms with Gasteiger partial charge >= 0.3 is 0 Å². The van der Waals surface area contributed by atoms with E-state index in [2.05, 4.69) is 94.7 Å². The van der Waals surface area contributed by atoms with Crippen molar-refractivity contribution in [2.75, 3.05) is 18.0 Å². The van der Waals surface area contributed by atoms with E-state index < -0.39 is 0 Å². The van der Waals surface area contributed by atoms with Crippen LogP contribution in [0, 0.1) is 0 Å². The Bertz CT molecular complexity index is 897. The lowest BCUT2D eigenvalue weighted by Crippen LogP contribution is -2.49. The molecule has 5 rings (SSSR count). The molecule has 176 valence electrons. The van der Waals surface area contributed by atoms with Crippen LogP contribution in [0.5, 0.6) is 0 Å². The number of likely N-dealkylation sites (tertiary alicyclic amines) is 1. The van der Waals surface area contributed by atoms with Crippen molar-refractivity contribution in [2.24, 2.45) is 0 Å². The summed E-state index contributed by atoms with van der Waals surface area (Å²) in [6.07, 6.45) is 4.92. The third kappa shape index (κ3) is 6.48. The summed E-state index contributed by atoms with van der Waals surface area (Å²) in [5.41, 5.74) is 5.88. The van der Waals surface area contributed by atoms with Gasteiger partial charge in [0.2, 0.25) is 0 Å². The Morgan fingerprint density at radius 1 is 0.727 bits per heavy atom. The van der Waals surface area contributed by atoms with E-state index in [0.29, 0.717) is 12.1 Å². The zero-order chi connectivity index (χ0) is 23.5. The third-order valence-electron chi connectivity index (χ3n) is 6.76. The van der Waals surface area contributed by atoms with E-state index in [9.17, 15) is 0 Å². The molecule has 1 unspecified atom stereocenters. The van der Waals surface area contributed by atoms with Crippen molar-refractivity contribution in [2.45, 2.75) is 72.0 Å². The predicted octanol–water partition coefficient (Wildman–Crippen LogP) is 7.38. The number of anilines is 1. The van der Waals surface area contributed by atoms with Gasteiger partial charge in [0.1, 0.15) is 0 Å². The van der Waals surface area contributed by atoms with E-state index in [-0.39, 0.29) is 0 Å². The molecule has 0 spiro atoms. The van der Waals surface area contributed by atoms with Crippen molar-refractivity contribution in [3.8, 4) is 0 Å². The topological polar surface area (TPSA) is 6.48 Å². The summed E-state index contributed by atoms with van der Waals surface area (Å²) in [6, 6.07) is 32.2. The zero-order valence-electron chi connectivity index (χ0n) is 21.1. The van der Waals surface area contributed by atoms with Crippen molar-refractivity contribution < 1.29 is 0 Å². The Kier molecular flexibility index (Phi) is 10.0. The summed E-state index contributed by atoms with van der Waals surface area (Å²) in [6.45, 7) is 11.5. The minimum Gasteiger partial charge on any atom is -0.368 e. The molecule has 1 heterocycles. The number of benzene rings is 3. The van der Waals surface area contributed by atoms with Crippen LogP contribution < -0.4 is 4.90 Å². The van der Waals surface area contributed by atoms with Crippen molar-refractivity contribution in [1.29, 1.82) is 0 Å². The largest absolute Gasteiger partial charge is 0.368 e. The fraction of sp³-hybridized carbons (Fsp3) is 0.419. The first-order valence-corrected chi connectivity index (χ1v) is 13.0. The Hall–Kier alpha value is -2.58. The number of para-hydroxylation sites is 1. The van der Waals surface area contributed by atoms with Crippen molar-refractivity contribution >= 4 is 5.69 Å². The van der Waals surface area contributed by atoms with Gasteiger partial charge in [-0.05, 0) is 54.5 Å². The monoisotopic (exact) mass is 442 g/mol. The molecule has 0 N–H and O–H groups in total. The Morgan fingerprint density at radius 3 is 1.82 bits per heavy atom. The lowest BCUT2D eigenvalue weighted by molar-refractivity contribution is 0.0764. The van der Waals surface area contributed by atoms with Crippen LogP contribution in [-0.4, -0.2) is 30.1 Å². The Balaban J connectivity index is 0.000000728. The van der Waals surface area contributed by atoms with Gasteiger partial charge in [-0.25, -0.2) is 0 Å². The maximum Gasteiger partial charge on any atom is 0.0370 e. The van der Waals surface area contributed by atoms with Crippen LogP contribution >= 0.6 is 0 Å². The van der Waals surface area contributed by atoms with Gasteiger partial charge in [0.15, 0.2) is 0 Å². The van der Waals surface area contributed by atoms with Crippen molar-refractivity contribution in [1.82, 2.24) is 4.90 Å². The summed E-state index contributed by atoms with van der Waals surface area (Å²) in [4.78, 5) is 5.33. The maximum absolute atomic E-state index is 2.68. The summed E-state index contributed by atoms with van der Waals surface area (Å²) in [7, 11) is 0. The molecule has 1 aliphatic heterocycles. The number of fused-ring (bicyclic) bond motifs is 1. The predicted molar refractivity (Wildman–Crippen MR) is 144 cm³/mol. The Labute approximate surface area is 202 Å². The molecule has 0 aromatic heterocycles. The van der Waals surface area contributed by atoms with Gasteiger partial charge in [-0.1, -0.05) is 100 Å². The van der Waals surface area contributed by atoms with E-state index in [4.69, 9.17) is 0 Å². The molecule has 1 fully saturated rings. The molecule has 1 aliphatic carbocycles. The molecular formula is C31H42N2. The lowest BCUT2D eigenvalue weighted by Gasteiger charge is -2.43. The average Bonchev–Trinajstić information content (AvgIpc) is 3.32.